The minimum atomic E-state index is 0.0307. The largest absolute Gasteiger partial charge is 0.271 e. The molecule has 0 spiro atoms. The van der Waals surface area contributed by atoms with E-state index in [9.17, 15) is 0 Å². The Morgan fingerprint density at radius 1 is 1.24 bits per heavy atom. The van der Waals surface area contributed by atoms with Crippen LogP contribution in [0.1, 0.15) is 22.0 Å². The summed E-state index contributed by atoms with van der Waals surface area (Å²) in [5.74, 6) is 5.66. The lowest BCUT2D eigenvalue weighted by Crippen LogP contribution is -2.28. The summed E-state index contributed by atoms with van der Waals surface area (Å²) >= 11 is 8.67. The van der Waals surface area contributed by atoms with Gasteiger partial charge in [0.05, 0.1) is 9.83 Å². The van der Waals surface area contributed by atoms with Crippen LogP contribution in [0.4, 0.5) is 0 Å². The number of hydrogen-bond acceptors (Lipinski definition) is 3. The Balaban J connectivity index is 2.36. The summed E-state index contributed by atoms with van der Waals surface area (Å²) in [6.07, 6.45) is 0. The van der Waals surface area contributed by atoms with Crippen LogP contribution in [0.2, 0.25) is 0 Å². The van der Waals surface area contributed by atoms with Crippen molar-refractivity contribution >= 4 is 43.2 Å². The smallest absolute Gasteiger partial charge is 0.0843 e. The normalized spacial score (nSPS) is 12.7. The Kier molecular flexibility index (Phi) is 4.38. The van der Waals surface area contributed by atoms with Gasteiger partial charge in [-0.1, -0.05) is 29.8 Å². The molecule has 0 bridgehead atoms. The first-order chi connectivity index (χ1) is 8.11. The third-order valence-electron chi connectivity index (χ3n) is 2.53. The van der Waals surface area contributed by atoms with Crippen molar-refractivity contribution in [1.82, 2.24) is 5.43 Å². The Bertz CT molecular complexity index is 488. The molecular weight excluding hydrogens is 364 g/mol. The van der Waals surface area contributed by atoms with Crippen LogP contribution in [0, 0.1) is 6.92 Å². The summed E-state index contributed by atoms with van der Waals surface area (Å²) in [6.45, 7) is 2.08. The monoisotopic (exact) mass is 374 g/mol. The quantitative estimate of drug-likeness (QED) is 0.625. The SMILES string of the molecule is Cc1ccc(C(NN)c2cc(Br)c(Br)s2)cc1. The van der Waals surface area contributed by atoms with Crippen molar-refractivity contribution in [2.24, 2.45) is 5.84 Å². The highest BCUT2D eigenvalue weighted by molar-refractivity contribution is 9.13. The molecule has 17 heavy (non-hydrogen) atoms. The Morgan fingerprint density at radius 3 is 2.35 bits per heavy atom. The van der Waals surface area contributed by atoms with E-state index in [0.29, 0.717) is 0 Å². The van der Waals surface area contributed by atoms with Gasteiger partial charge in [0.2, 0.25) is 0 Å². The van der Waals surface area contributed by atoms with E-state index in [1.54, 1.807) is 11.3 Å². The average Bonchev–Trinajstić information content (AvgIpc) is 2.63. The van der Waals surface area contributed by atoms with Crippen LogP contribution in [-0.2, 0) is 0 Å². The maximum Gasteiger partial charge on any atom is 0.0843 e. The zero-order valence-electron chi connectivity index (χ0n) is 9.21. The van der Waals surface area contributed by atoms with Crippen molar-refractivity contribution in [3.63, 3.8) is 0 Å². The molecule has 0 aliphatic heterocycles. The van der Waals surface area contributed by atoms with Crippen molar-refractivity contribution in [1.29, 1.82) is 0 Å². The molecule has 0 aliphatic carbocycles. The summed E-state index contributed by atoms with van der Waals surface area (Å²) in [4.78, 5) is 1.18. The molecule has 2 rings (SSSR count). The minimum Gasteiger partial charge on any atom is -0.271 e. The lowest BCUT2D eigenvalue weighted by molar-refractivity contribution is 0.646. The number of rotatable bonds is 3. The van der Waals surface area contributed by atoms with Gasteiger partial charge >= 0.3 is 0 Å². The van der Waals surface area contributed by atoms with E-state index in [1.165, 1.54) is 16.0 Å². The molecule has 90 valence electrons. The predicted molar refractivity (Wildman–Crippen MR) is 80.1 cm³/mol. The molecular formula is C12H12Br2N2S. The molecule has 1 heterocycles. The fraction of sp³-hybridized carbons (Fsp3) is 0.167. The molecule has 0 saturated heterocycles. The Hall–Kier alpha value is -0.200. The maximum absolute atomic E-state index is 5.66. The molecule has 1 aromatic carbocycles. The zero-order valence-corrected chi connectivity index (χ0v) is 13.2. The minimum absolute atomic E-state index is 0.0307. The number of hydrazine groups is 1. The summed E-state index contributed by atoms with van der Waals surface area (Å²) in [5.41, 5.74) is 5.28. The van der Waals surface area contributed by atoms with Crippen LogP contribution < -0.4 is 11.3 Å². The average molecular weight is 376 g/mol. The van der Waals surface area contributed by atoms with E-state index in [-0.39, 0.29) is 6.04 Å². The van der Waals surface area contributed by atoms with Gasteiger partial charge in [-0.3, -0.25) is 5.84 Å². The fourth-order valence-electron chi connectivity index (χ4n) is 1.61. The number of benzene rings is 1. The second-order valence-electron chi connectivity index (χ2n) is 3.78. The number of halogens is 2. The molecule has 5 heteroatoms. The summed E-state index contributed by atoms with van der Waals surface area (Å²) in [7, 11) is 0. The third kappa shape index (κ3) is 2.98. The fourth-order valence-corrected chi connectivity index (χ4v) is 3.79. The van der Waals surface area contributed by atoms with Gasteiger partial charge in [0.25, 0.3) is 0 Å². The second kappa shape index (κ2) is 5.63. The van der Waals surface area contributed by atoms with Gasteiger partial charge in [0.1, 0.15) is 0 Å². The van der Waals surface area contributed by atoms with Crippen molar-refractivity contribution < 1.29 is 0 Å². The summed E-state index contributed by atoms with van der Waals surface area (Å²) < 4.78 is 2.14. The Morgan fingerprint density at radius 2 is 1.88 bits per heavy atom. The van der Waals surface area contributed by atoms with Crippen LogP contribution in [-0.4, -0.2) is 0 Å². The van der Waals surface area contributed by atoms with Crippen molar-refractivity contribution in [3.05, 3.63) is 54.6 Å². The van der Waals surface area contributed by atoms with Gasteiger partial charge in [0.15, 0.2) is 0 Å². The van der Waals surface area contributed by atoms with E-state index in [4.69, 9.17) is 5.84 Å². The molecule has 0 saturated carbocycles. The van der Waals surface area contributed by atoms with Gasteiger partial charge in [-0.15, -0.1) is 11.3 Å². The molecule has 1 aromatic heterocycles. The molecule has 1 atom stereocenters. The maximum atomic E-state index is 5.66. The summed E-state index contributed by atoms with van der Waals surface area (Å²) in [6, 6.07) is 10.5. The van der Waals surface area contributed by atoms with Crippen LogP contribution in [0.3, 0.4) is 0 Å². The van der Waals surface area contributed by atoms with Gasteiger partial charge in [-0.2, -0.15) is 0 Å². The van der Waals surface area contributed by atoms with Crippen LogP contribution >= 0.6 is 43.2 Å². The van der Waals surface area contributed by atoms with E-state index in [1.807, 2.05) is 0 Å². The molecule has 1 unspecified atom stereocenters. The molecule has 0 radical (unpaired) electrons. The van der Waals surface area contributed by atoms with Crippen LogP contribution in [0.15, 0.2) is 38.6 Å². The number of aryl methyl sites for hydroxylation is 1. The standard InChI is InChI=1S/C12H12Br2N2S/c1-7-2-4-8(5-3-7)11(16-15)10-6-9(13)12(14)17-10/h2-6,11,16H,15H2,1H3. The van der Waals surface area contributed by atoms with Crippen molar-refractivity contribution in [2.75, 3.05) is 0 Å². The second-order valence-corrected chi connectivity index (χ2v) is 7.04. The molecule has 2 aromatic rings. The molecule has 0 amide bonds. The number of nitrogens with two attached hydrogens (primary N) is 1. The van der Waals surface area contributed by atoms with Crippen molar-refractivity contribution in [2.45, 2.75) is 13.0 Å². The molecule has 3 N–H and O–H groups in total. The first kappa shape index (κ1) is 13.2. The van der Waals surface area contributed by atoms with E-state index in [2.05, 4.69) is 74.5 Å². The van der Waals surface area contributed by atoms with Crippen LogP contribution in [0.5, 0.6) is 0 Å². The van der Waals surface area contributed by atoms with Gasteiger partial charge < -0.3 is 0 Å². The van der Waals surface area contributed by atoms with Crippen molar-refractivity contribution in [3.8, 4) is 0 Å². The van der Waals surface area contributed by atoms with E-state index < -0.39 is 0 Å². The number of thiophene rings is 1. The predicted octanol–water partition coefficient (Wildman–Crippen LogP) is 4.13. The molecule has 0 aliphatic rings. The topological polar surface area (TPSA) is 38.0 Å². The van der Waals surface area contributed by atoms with E-state index >= 15 is 0 Å². The highest BCUT2D eigenvalue weighted by atomic mass is 79.9. The van der Waals surface area contributed by atoms with Gasteiger partial charge in [-0.25, -0.2) is 5.43 Å². The summed E-state index contributed by atoms with van der Waals surface area (Å²) in [5, 5.41) is 0. The molecule has 0 fully saturated rings. The van der Waals surface area contributed by atoms with E-state index in [0.717, 1.165) is 8.26 Å². The number of hydrogen-bond donors (Lipinski definition) is 2. The van der Waals surface area contributed by atoms with Gasteiger partial charge in [0, 0.05) is 9.35 Å². The lowest BCUT2D eigenvalue weighted by Gasteiger charge is -2.14. The highest BCUT2D eigenvalue weighted by Crippen LogP contribution is 2.37. The Labute approximate surface area is 121 Å². The third-order valence-corrected chi connectivity index (χ3v) is 5.85. The number of nitrogens with one attached hydrogen (secondary N) is 1. The first-order valence-electron chi connectivity index (χ1n) is 5.09. The first-order valence-corrected chi connectivity index (χ1v) is 7.49. The van der Waals surface area contributed by atoms with Gasteiger partial charge in [-0.05, 0) is 50.4 Å². The molecule has 2 nitrogen and oxygen atoms in total. The van der Waals surface area contributed by atoms with Crippen LogP contribution in [0.25, 0.3) is 0 Å². The zero-order chi connectivity index (χ0) is 12.4. The lowest BCUT2D eigenvalue weighted by atomic mass is 10.0. The highest BCUT2D eigenvalue weighted by Gasteiger charge is 2.16.